The number of halogens is 7. The van der Waals surface area contributed by atoms with Crippen molar-refractivity contribution in [2.45, 2.75) is 38.7 Å². The van der Waals surface area contributed by atoms with Gasteiger partial charge in [-0.05, 0) is 12.8 Å². The van der Waals surface area contributed by atoms with Gasteiger partial charge in [0.25, 0.3) is 0 Å². The van der Waals surface area contributed by atoms with Gasteiger partial charge in [0, 0.05) is 6.42 Å². The van der Waals surface area contributed by atoms with Crippen LogP contribution in [0.1, 0.15) is 26.2 Å². The molecule has 0 heterocycles. The van der Waals surface area contributed by atoms with Crippen LogP contribution in [0.5, 0.6) is 0 Å². The molecule has 0 aromatic rings. The van der Waals surface area contributed by atoms with Crippen molar-refractivity contribution in [2.24, 2.45) is 0 Å². The molecule has 0 unspecified atom stereocenters. The second-order valence-corrected chi connectivity index (χ2v) is 2.70. The molecule has 0 saturated heterocycles. The molecule has 0 spiro atoms. The lowest BCUT2D eigenvalue weighted by Crippen LogP contribution is -2.14. The van der Waals surface area contributed by atoms with E-state index in [4.69, 9.17) is 0 Å². The largest absolute Gasteiger partial charge is 0.522 e. The number of alkyl halides is 7. The van der Waals surface area contributed by atoms with E-state index in [0.29, 0.717) is 0 Å². The van der Waals surface area contributed by atoms with E-state index in [9.17, 15) is 30.7 Å². The van der Waals surface area contributed by atoms with Crippen LogP contribution in [0.3, 0.4) is 0 Å². The number of hydrogen-bond donors (Lipinski definition) is 0. The molecule has 0 aliphatic heterocycles. The Morgan fingerprint density at radius 2 is 1.50 bits per heavy atom. The topological polar surface area (TPSA) is 9.23 Å². The second-order valence-electron chi connectivity index (χ2n) is 2.70. The third kappa shape index (κ3) is 23.4. The van der Waals surface area contributed by atoms with Gasteiger partial charge in [-0.25, -0.2) is 0 Å². The van der Waals surface area contributed by atoms with Gasteiger partial charge in [0.05, 0.1) is 13.3 Å². The molecule has 0 N–H and O–H groups in total. The monoisotopic (exact) mass is 258 g/mol. The van der Waals surface area contributed by atoms with Crippen LogP contribution in [0.25, 0.3) is 0 Å². The minimum Gasteiger partial charge on any atom is -0.292 e. The van der Waals surface area contributed by atoms with E-state index in [1.165, 1.54) is 6.92 Å². The van der Waals surface area contributed by atoms with Crippen molar-refractivity contribution >= 4 is 0 Å². The minimum atomic E-state index is -4.62. The SMILES string of the molecule is CCCC(F)(F)F.FCCCOC(F)(F)F. The molecule has 16 heavy (non-hydrogen) atoms. The lowest BCUT2D eigenvalue weighted by Gasteiger charge is -2.04. The van der Waals surface area contributed by atoms with Gasteiger partial charge in [0.2, 0.25) is 0 Å². The highest BCUT2D eigenvalue weighted by atomic mass is 19.4. The predicted molar refractivity (Wildman–Crippen MR) is 43.6 cm³/mol. The molecule has 0 bridgehead atoms. The summed E-state index contributed by atoms with van der Waals surface area (Å²) >= 11 is 0. The van der Waals surface area contributed by atoms with E-state index in [2.05, 4.69) is 4.74 Å². The first-order chi connectivity index (χ1) is 7.12. The first-order valence-corrected chi connectivity index (χ1v) is 4.45. The Balaban J connectivity index is 0. The number of ether oxygens (including phenoxy) is 1. The van der Waals surface area contributed by atoms with Crippen LogP contribution < -0.4 is 0 Å². The van der Waals surface area contributed by atoms with Crippen molar-refractivity contribution in [3.8, 4) is 0 Å². The molecular weight excluding hydrogens is 245 g/mol. The molecule has 0 aromatic heterocycles. The lowest BCUT2D eigenvalue weighted by atomic mass is 10.3. The minimum absolute atomic E-state index is 0.184. The number of hydrogen-bond acceptors (Lipinski definition) is 1. The summed E-state index contributed by atoms with van der Waals surface area (Å²) in [6, 6.07) is 0. The van der Waals surface area contributed by atoms with Gasteiger partial charge in [-0.15, -0.1) is 13.2 Å². The third-order valence-electron chi connectivity index (χ3n) is 1.08. The summed E-state index contributed by atoms with van der Waals surface area (Å²) in [5.41, 5.74) is 0. The van der Waals surface area contributed by atoms with Gasteiger partial charge in [-0.1, -0.05) is 6.92 Å². The molecular formula is C8H13F7O. The molecule has 1 nitrogen and oxygen atoms in total. The predicted octanol–water partition coefficient (Wildman–Crippen LogP) is 4.23. The summed E-state index contributed by atoms with van der Waals surface area (Å²) in [6.07, 6.45) is -9.25. The first-order valence-electron chi connectivity index (χ1n) is 4.45. The zero-order valence-corrected chi connectivity index (χ0v) is 8.59. The van der Waals surface area contributed by atoms with Gasteiger partial charge in [-0.3, -0.25) is 9.13 Å². The van der Waals surface area contributed by atoms with E-state index in [-0.39, 0.29) is 12.8 Å². The lowest BCUT2D eigenvalue weighted by molar-refractivity contribution is -0.324. The summed E-state index contributed by atoms with van der Waals surface area (Å²) < 4.78 is 80.6. The van der Waals surface area contributed by atoms with Crippen molar-refractivity contribution in [1.82, 2.24) is 0 Å². The van der Waals surface area contributed by atoms with Gasteiger partial charge < -0.3 is 0 Å². The molecule has 0 aliphatic rings. The maximum absolute atomic E-state index is 11.1. The van der Waals surface area contributed by atoms with E-state index >= 15 is 0 Å². The second kappa shape index (κ2) is 8.60. The molecule has 0 atom stereocenters. The van der Waals surface area contributed by atoms with Gasteiger partial charge >= 0.3 is 12.5 Å². The van der Waals surface area contributed by atoms with E-state index < -0.39 is 32.2 Å². The molecule has 0 rings (SSSR count). The summed E-state index contributed by atoms with van der Waals surface area (Å²) in [5.74, 6) is 0. The Bertz CT molecular complexity index is 151. The third-order valence-corrected chi connectivity index (χ3v) is 1.08. The molecule has 8 heteroatoms. The standard InChI is InChI=1S/C4H6F4O.C4H7F3/c5-2-1-3-9-4(6,7)8;1-2-3-4(5,6)7/h1-3H2;2-3H2,1H3. The van der Waals surface area contributed by atoms with Crippen molar-refractivity contribution in [3.63, 3.8) is 0 Å². The molecule has 0 aromatic carbocycles. The Kier molecular flexibility index (Phi) is 9.60. The first kappa shape index (κ1) is 17.9. The number of rotatable bonds is 4. The summed E-state index contributed by atoms with van der Waals surface area (Å²) in [4.78, 5) is 0. The molecule has 0 aliphatic carbocycles. The van der Waals surface area contributed by atoms with E-state index in [0.717, 1.165) is 0 Å². The Morgan fingerprint density at radius 1 is 1.00 bits per heavy atom. The highest BCUT2D eigenvalue weighted by Gasteiger charge is 2.28. The van der Waals surface area contributed by atoms with Crippen LogP contribution in [0.15, 0.2) is 0 Å². The molecule has 100 valence electrons. The Hall–Kier alpha value is -0.530. The summed E-state index contributed by atoms with van der Waals surface area (Å²) in [5, 5.41) is 0. The highest BCUT2D eigenvalue weighted by Crippen LogP contribution is 2.20. The smallest absolute Gasteiger partial charge is 0.292 e. The van der Waals surface area contributed by atoms with Crippen molar-refractivity contribution in [2.75, 3.05) is 13.3 Å². The summed E-state index contributed by atoms with van der Waals surface area (Å²) in [6.45, 7) is 0.129. The molecule has 0 radical (unpaired) electrons. The average molecular weight is 258 g/mol. The van der Waals surface area contributed by atoms with Gasteiger partial charge in [0.15, 0.2) is 0 Å². The van der Waals surface area contributed by atoms with E-state index in [1.54, 1.807) is 0 Å². The highest BCUT2D eigenvalue weighted by molar-refractivity contribution is 4.44. The van der Waals surface area contributed by atoms with Gasteiger partial charge in [-0.2, -0.15) is 13.2 Å². The van der Waals surface area contributed by atoms with E-state index in [1.807, 2.05) is 0 Å². The molecule has 0 saturated carbocycles. The van der Waals surface area contributed by atoms with Crippen LogP contribution in [0.2, 0.25) is 0 Å². The van der Waals surface area contributed by atoms with Crippen LogP contribution in [-0.4, -0.2) is 25.8 Å². The van der Waals surface area contributed by atoms with Crippen molar-refractivity contribution in [3.05, 3.63) is 0 Å². The van der Waals surface area contributed by atoms with Crippen molar-refractivity contribution in [1.29, 1.82) is 0 Å². The Labute approximate surface area is 88.6 Å². The quantitative estimate of drug-likeness (QED) is 0.541. The fraction of sp³-hybridized carbons (Fsp3) is 1.00. The normalized spacial score (nSPS) is 12.0. The fourth-order valence-corrected chi connectivity index (χ4v) is 0.526. The Morgan fingerprint density at radius 3 is 1.69 bits per heavy atom. The average Bonchev–Trinajstić information content (AvgIpc) is 2.01. The van der Waals surface area contributed by atoms with Crippen LogP contribution >= 0.6 is 0 Å². The van der Waals surface area contributed by atoms with Crippen LogP contribution in [0, 0.1) is 0 Å². The zero-order chi connectivity index (χ0) is 13.2. The summed E-state index contributed by atoms with van der Waals surface area (Å²) in [7, 11) is 0. The van der Waals surface area contributed by atoms with Crippen LogP contribution in [-0.2, 0) is 4.74 Å². The maximum atomic E-state index is 11.1. The molecule has 0 amide bonds. The fourth-order valence-electron chi connectivity index (χ4n) is 0.526. The maximum Gasteiger partial charge on any atom is 0.522 e. The zero-order valence-electron chi connectivity index (χ0n) is 8.59. The van der Waals surface area contributed by atoms with Crippen LogP contribution in [0.4, 0.5) is 30.7 Å². The molecule has 0 fully saturated rings. The van der Waals surface area contributed by atoms with Crippen molar-refractivity contribution < 1.29 is 35.5 Å². The van der Waals surface area contributed by atoms with Gasteiger partial charge in [0.1, 0.15) is 0 Å².